The number of hydrogen-bond acceptors (Lipinski definition) is 5. The predicted octanol–water partition coefficient (Wildman–Crippen LogP) is 2.19. The Morgan fingerprint density at radius 1 is 1.17 bits per heavy atom. The van der Waals surface area contributed by atoms with Crippen molar-refractivity contribution in [2.24, 2.45) is 0 Å². The maximum absolute atomic E-state index is 12.5. The van der Waals surface area contributed by atoms with Crippen LogP contribution in [0.2, 0.25) is 0 Å². The van der Waals surface area contributed by atoms with E-state index in [1.165, 1.54) is 35.6 Å². The van der Waals surface area contributed by atoms with Gasteiger partial charge in [0.2, 0.25) is 10.0 Å². The largest absolute Gasteiger partial charge is 0.491 e. The minimum absolute atomic E-state index is 0.0147. The minimum atomic E-state index is -3.60. The van der Waals surface area contributed by atoms with E-state index in [2.05, 4.69) is 5.32 Å². The van der Waals surface area contributed by atoms with Crippen LogP contribution in [0.15, 0.2) is 53.4 Å². The van der Waals surface area contributed by atoms with Crippen molar-refractivity contribution in [1.29, 1.82) is 0 Å². The number of nitrogens with zero attached hydrogens (tertiary/aromatic N) is 1. The summed E-state index contributed by atoms with van der Waals surface area (Å²) in [5.74, 6) is 0.249. The number of amides is 1. The highest BCUT2D eigenvalue weighted by atomic mass is 32.2. The second-order valence-electron chi connectivity index (χ2n) is 7.13. The number of carbonyl (C=O) groups excluding carboxylic acids is 1. The van der Waals surface area contributed by atoms with Crippen molar-refractivity contribution in [1.82, 2.24) is 9.62 Å². The molecule has 1 atom stereocenters. The molecule has 2 aromatic carbocycles. The van der Waals surface area contributed by atoms with Gasteiger partial charge in [0.25, 0.3) is 5.91 Å². The zero-order chi connectivity index (χ0) is 21.6. The third-order valence-corrected chi connectivity index (χ3v) is 6.50. The fraction of sp³-hybridized carbons (Fsp3) is 0.381. The quantitative estimate of drug-likeness (QED) is 0.648. The standard InChI is InChI=1S/C21H28N2O5S/c1-15(2)23(4)29(26,27)20-10-8-17(9-11-20)21(25)22-13-18(24)14-28-19-7-5-6-16(3)12-19/h5-12,15,18,24H,13-14H2,1-4H3,(H,22,25). The SMILES string of the molecule is Cc1cccc(OCC(O)CNC(=O)c2ccc(S(=O)(=O)N(C)C(C)C)cc2)c1. The second kappa shape index (κ2) is 9.87. The predicted molar refractivity (Wildman–Crippen MR) is 112 cm³/mol. The van der Waals surface area contributed by atoms with Crippen molar-refractivity contribution in [3.8, 4) is 5.75 Å². The summed E-state index contributed by atoms with van der Waals surface area (Å²) in [6, 6.07) is 13.0. The van der Waals surface area contributed by atoms with Crippen LogP contribution in [0.4, 0.5) is 0 Å². The van der Waals surface area contributed by atoms with Crippen molar-refractivity contribution in [2.45, 2.75) is 37.8 Å². The van der Waals surface area contributed by atoms with E-state index >= 15 is 0 Å². The van der Waals surface area contributed by atoms with Gasteiger partial charge >= 0.3 is 0 Å². The Morgan fingerprint density at radius 2 is 1.83 bits per heavy atom. The number of ether oxygens (including phenoxy) is 1. The first kappa shape index (κ1) is 22.9. The summed E-state index contributed by atoms with van der Waals surface area (Å²) < 4.78 is 31.7. The average molecular weight is 421 g/mol. The number of benzene rings is 2. The second-order valence-corrected chi connectivity index (χ2v) is 9.13. The van der Waals surface area contributed by atoms with E-state index in [9.17, 15) is 18.3 Å². The van der Waals surface area contributed by atoms with E-state index in [0.717, 1.165) is 5.56 Å². The van der Waals surface area contributed by atoms with Crippen LogP contribution in [0.1, 0.15) is 29.8 Å². The molecule has 8 heteroatoms. The first-order chi connectivity index (χ1) is 13.6. The maximum atomic E-state index is 12.5. The normalized spacial score (nSPS) is 12.8. The van der Waals surface area contributed by atoms with E-state index in [1.54, 1.807) is 19.9 Å². The molecule has 1 unspecified atom stereocenters. The number of aryl methyl sites for hydroxylation is 1. The molecule has 0 spiro atoms. The van der Waals surface area contributed by atoms with Gasteiger partial charge in [-0.05, 0) is 62.7 Å². The molecular weight excluding hydrogens is 392 g/mol. The van der Waals surface area contributed by atoms with Gasteiger partial charge in [-0.3, -0.25) is 4.79 Å². The van der Waals surface area contributed by atoms with Crippen LogP contribution in [-0.4, -0.2) is 56.1 Å². The van der Waals surface area contributed by atoms with Gasteiger partial charge in [0.1, 0.15) is 18.5 Å². The summed E-state index contributed by atoms with van der Waals surface area (Å²) in [5.41, 5.74) is 1.36. The topological polar surface area (TPSA) is 95.9 Å². The van der Waals surface area contributed by atoms with Crippen molar-refractivity contribution in [3.63, 3.8) is 0 Å². The third kappa shape index (κ3) is 6.28. The van der Waals surface area contributed by atoms with Crippen LogP contribution in [0.3, 0.4) is 0 Å². The Morgan fingerprint density at radius 3 is 2.41 bits per heavy atom. The lowest BCUT2D eigenvalue weighted by molar-refractivity contribution is 0.0843. The van der Waals surface area contributed by atoms with Gasteiger partial charge in [-0.15, -0.1) is 0 Å². The number of nitrogens with one attached hydrogen (secondary N) is 1. The average Bonchev–Trinajstić information content (AvgIpc) is 2.69. The highest BCUT2D eigenvalue weighted by Gasteiger charge is 2.23. The number of carbonyl (C=O) groups is 1. The first-order valence-electron chi connectivity index (χ1n) is 9.35. The number of aliphatic hydroxyl groups is 1. The molecule has 0 aromatic heterocycles. The van der Waals surface area contributed by atoms with E-state index < -0.39 is 22.0 Å². The van der Waals surface area contributed by atoms with Gasteiger partial charge in [-0.25, -0.2) is 8.42 Å². The lowest BCUT2D eigenvalue weighted by Gasteiger charge is -2.21. The minimum Gasteiger partial charge on any atom is -0.491 e. The van der Waals surface area contributed by atoms with Crippen molar-refractivity contribution >= 4 is 15.9 Å². The van der Waals surface area contributed by atoms with E-state index in [4.69, 9.17) is 4.74 Å². The summed E-state index contributed by atoms with van der Waals surface area (Å²) in [5, 5.41) is 12.6. The fourth-order valence-electron chi connectivity index (χ4n) is 2.49. The maximum Gasteiger partial charge on any atom is 0.251 e. The van der Waals surface area contributed by atoms with Crippen molar-refractivity contribution < 1.29 is 23.1 Å². The molecule has 1 amide bonds. The molecular formula is C21H28N2O5S. The summed E-state index contributed by atoms with van der Waals surface area (Å²) in [7, 11) is -2.08. The van der Waals surface area contributed by atoms with Crippen molar-refractivity contribution in [3.05, 3.63) is 59.7 Å². The molecule has 0 saturated heterocycles. The molecule has 2 N–H and O–H groups in total. The van der Waals surface area contributed by atoms with Crippen LogP contribution < -0.4 is 10.1 Å². The molecule has 158 valence electrons. The monoisotopic (exact) mass is 420 g/mol. The molecule has 2 rings (SSSR count). The number of rotatable bonds is 9. The Balaban J connectivity index is 1.89. The fourth-order valence-corrected chi connectivity index (χ4v) is 3.86. The van der Waals surface area contributed by atoms with Gasteiger partial charge in [0.05, 0.1) is 4.90 Å². The Kier molecular flexibility index (Phi) is 7.78. The highest BCUT2D eigenvalue weighted by Crippen LogP contribution is 2.17. The molecule has 0 fully saturated rings. The molecule has 29 heavy (non-hydrogen) atoms. The zero-order valence-corrected chi connectivity index (χ0v) is 17.9. The number of hydrogen-bond donors (Lipinski definition) is 2. The smallest absolute Gasteiger partial charge is 0.251 e. The zero-order valence-electron chi connectivity index (χ0n) is 17.1. The van der Waals surface area contributed by atoms with E-state index in [1.807, 2.05) is 25.1 Å². The Labute approximate surface area is 172 Å². The summed E-state index contributed by atoms with van der Waals surface area (Å²) in [4.78, 5) is 12.4. The Hall–Kier alpha value is -2.42. The third-order valence-electron chi connectivity index (χ3n) is 4.45. The highest BCUT2D eigenvalue weighted by molar-refractivity contribution is 7.89. The number of aliphatic hydroxyl groups excluding tert-OH is 1. The van der Waals surface area contributed by atoms with Crippen LogP contribution in [-0.2, 0) is 10.0 Å². The lowest BCUT2D eigenvalue weighted by Crippen LogP contribution is -2.35. The van der Waals surface area contributed by atoms with Crippen LogP contribution in [0, 0.1) is 6.92 Å². The first-order valence-corrected chi connectivity index (χ1v) is 10.8. The molecule has 0 bridgehead atoms. The van der Waals surface area contributed by atoms with Gasteiger partial charge in [0.15, 0.2) is 0 Å². The van der Waals surface area contributed by atoms with E-state index in [0.29, 0.717) is 11.3 Å². The van der Waals surface area contributed by atoms with E-state index in [-0.39, 0.29) is 24.1 Å². The van der Waals surface area contributed by atoms with Gasteiger partial charge in [0, 0.05) is 25.2 Å². The molecule has 0 aliphatic carbocycles. The van der Waals surface area contributed by atoms with Crippen LogP contribution in [0.25, 0.3) is 0 Å². The lowest BCUT2D eigenvalue weighted by atomic mass is 10.2. The van der Waals surface area contributed by atoms with Crippen LogP contribution in [0.5, 0.6) is 5.75 Å². The number of sulfonamides is 1. The molecule has 0 aliphatic heterocycles. The molecule has 0 aliphatic rings. The summed E-state index contributed by atoms with van der Waals surface area (Å²) in [6.45, 7) is 5.57. The van der Waals surface area contributed by atoms with Gasteiger partial charge < -0.3 is 15.2 Å². The summed E-state index contributed by atoms with van der Waals surface area (Å²) in [6.07, 6.45) is -0.876. The molecule has 7 nitrogen and oxygen atoms in total. The van der Waals surface area contributed by atoms with Gasteiger partial charge in [-0.2, -0.15) is 4.31 Å². The molecule has 0 heterocycles. The molecule has 0 radical (unpaired) electrons. The van der Waals surface area contributed by atoms with Crippen LogP contribution >= 0.6 is 0 Å². The Bertz CT molecular complexity index is 926. The summed E-state index contributed by atoms with van der Waals surface area (Å²) >= 11 is 0. The molecule has 0 saturated carbocycles. The molecule has 2 aromatic rings. The van der Waals surface area contributed by atoms with Crippen molar-refractivity contribution in [2.75, 3.05) is 20.2 Å². The van der Waals surface area contributed by atoms with Gasteiger partial charge in [-0.1, -0.05) is 12.1 Å².